The highest BCUT2D eigenvalue weighted by Gasteiger charge is 2.15. The zero-order chi connectivity index (χ0) is 17.1. The van der Waals surface area contributed by atoms with Crippen molar-refractivity contribution >= 4 is 17.5 Å². The number of nitrogens with two attached hydrogens (primary N) is 1. The number of aromatic nitrogens is 5. The second-order valence-corrected chi connectivity index (χ2v) is 5.02. The Labute approximate surface area is 136 Å². The Kier molecular flexibility index (Phi) is 4.01. The summed E-state index contributed by atoms with van der Waals surface area (Å²) in [5.41, 5.74) is 7.08. The van der Waals surface area contributed by atoms with Crippen LogP contribution >= 0.6 is 0 Å². The predicted molar refractivity (Wildman–Crippen MR) is 86.5 cm³/mol. The molecule has 0 fully saturated rings. The van der Waals surface area contributed by atoms with Crippen molar-refractivity contribution in [2.75, 3.05) is 11.1 Å². The number of rotatable bonds is 5. The molecule has 3 rings (SSSR count). The molecule has 1 atom stereocenters. The zero-order valence-electron chi connectivity index (χ0n) is 12.7. The molecule has 0 radical (unpaired) electrons. The van der Waals surface area contributed by atoms with Crippen molar-refractivity contribution in [3.8, 4) is 5.69 Å². The molecule has 3 N–H and O–H groups in total. The Hall–Kier alpha value is -3.56. The highest BCUT2D eigenvalue weighted by Crippen LogP contribution is 2.22. The Morgan fingerprint density at radius 3 is 2.92 bits per heavy atom. The van der Waals surface area contributed by atoms with Crippen LogP contribution in [0, 0.1) is 10.1 Å². The molecule has 0 aliphatic rings. The van der Waals surface area contributed by atoms with Crippen LogP contribution in [0.5, 0.6) is 0 Å². The van der Waals surface area contributed by atoms with Gasteiger partial charge < -0.3 is 11.1 Å². The fourth-order valence-corrected chi connectivity index (χ4v) is 2.15. The van der Waals surface area contributed by atoms with Gasteiger partial charge >= 0.3 is 5.69 Å². The van der Waals surface area contributed by atoms with Crippen LogP contribution in [-0.2, 0) is 0 Å². The third-order valence-corrected chi connectivity index (χ3v) is 3.39. The standard InChI is InChI=1S/C14H14N8O2/c1-9(19-14-17-6-12(22(23)24)13(15)20-14)10-3-2-4-11(5-10)21-8-16-7-18-21/h2-9H,1H3,(H3,15,17,19,20). The molecular weight excluding hydrogens is 312 g/mol. The summed E-state index contributed by atoms with van der Waals surface area (Å²) >= 11 is 0. The number of nitrogens with one attached hydrogen (secondary N) is 1. The zero-order valence-corrected chi connectivity index (χ0v) is 12.7. The maximum Gasteiger partial charge on any atom is 0.329 e. The van der Waals surface area contributed by atoms with Gasteiger partial charge in [0.15, 0.2) is 0 Å². The van der Waals surface area contributed by atoms with Crippen LogP contribution < -0.4 is 11.1 Å². The smallest absolute Gasteiger partial charge is 0.329 e. The van der Waals surface area contributed by atoms with E-state index in [4.69, 9.17) is 5.73 Å². The average Bonchev–Trinajstić information content (AvgIpc) is 3.09. The first-order valence-corrected chi connectivity index (χ1v) is 7.03. The van der Waals surface area contributed by atoms with E-state index in [0.717, 1.165) is 17.4 Å². The molecule has 0 aliphatic carbocycles. The molecule has 0 bridgehead atoms. The molecule has 0 amide bonds. The summed E-state index contributed by atoms with van der Waals surface area (Å²) in [5.74, 6) is 0.0397. The van der Waals surface area contributed by atoms with Crippen LogP contribution in [0.1, 0.15) is 18.5 Å². The molecule has 24 heavy (non-hydrogen) atoms. The lowest BCUT2D eigenvalue weighted by molar-refractivity contribution is -0.384. The fourth-order valence-electron chi connectivity index (χ4n) is 2.15. The Bertz CT molecular complexity index is 865. The van der Waals surface area contributed by atoms with E-state index >= 15 is 0 Å². The van der Waals surface area contributed by atoms with E-state index in [1.165, 1.54) is 6.33 Å². The number of nitrogens with zero attached hydrogens (tertiary/aromatic N) is 6. The molecule has 10 nitrogen and oxygen atoms in total. The molecule has 122 valence electrons. The molecule has 10 heteroatoms. The Morgan fingerprint density at radius 2 is 2.25 bits per heavy atom. The van der Waals surface area contributed by atoms with E-state index in [2.05, 4.69) is 25.4 Å². The predicted octanol–water partition coefficient (Wildman–Crippen LogP) is 1.72. The number of hydrogen-bond donors (Lipinski definition) is 2. The van der Waals surface area contributed by atoms with Crippen molar-refractivity contribution < 1.29 is 4.92 Å². The second-order valence-electron chi connectivity index (χ2n) is 5.02. The van der Waals surface area contributed by atoms with Crippen LogP contribution in [0.15, 0.2) is 43.1 Å². The maximum atomic E-state index is 10.7. The fraction of sp³-hybridized carbons (Fsp3) is 0.143. The molecule has 0 saturated heterocycles. The highest BCUT2D eigenvalue weighted by atomic mass is 16.6. The lowest BCUT2D eigenvalue weighted by Gasteiger charge is -2.15. The van der Waals surface area contributed by atoms with Gasteiger partial charge in [-0.1, -0.05) is 12.1 Å². The number of hydrogen-bond acceptors (Lipinski definition) is 8. The van der Waals surface area contributed by atoms with Crippen molar-refractivity contribution in [3.63, 3.8) is 0 Å². The first kappa shape index (κ1) is 15.3. The lowest BCUT2D eigenvalue weighted by atomic mass is 10.1. The van der Waals surface area contributed by atoms with Crippen LogP contribution in [-0.4, -0.2) is 29.7 Å². The van der Waals surface area contributed by atoms with E-state index in [1.54, 1.807) is 11.0 Å². The number of nitrogen functional groups attached to an aromatic ring is 1. The van der Waals surface area contributed by atoms with E-state index < -0.39 is 4.92 Å². The molecular formula is C14H14N8O2. The SMILES string of the molecule is CC(Nc1ncc([N+](=O)[O-])c(N)n1)c1cccc(-n2cncn2)c1. The molecule has 0 aliphatic heterocycles. The average molecular weight is 326 g/mol. The summed E-state index contributed by atoms with van der Waals surface area (Å²) in [7, 11) is 0. The summed E-state index contributed by atoms with van der Waals surface area (Å²) in [6, 6.07) is 7.55. The van der Waals surface area contributed by atoms with E-state index in [1.807, 2.05) is 31.2 Å². The van der Waals surface area contributed by atoms with E-state index in [9.17, 15) is 10.1 Å². The lowest BCUT2D eigenvalue weighted by Crippen LogP contribution is -2.11. The molecule has 0 saturated carbocycles. The van der Waals surface area contributed by atoms with Crippen molar-refractivity contribution in [1.82, 2.24) is 24.7 Å². The van der Waals surface area contributed by atoms with Gasteiger partial charge in [0, 0.05) is 0 Å². The molecule has 2 aromatic heterocycles. The van der Waals surface area contributed by atoms with Gasteiger partial charge in [0.1, 0.15) is 18.9 Å². The third kappa shape index (κ3) is 3.11. The summed E-state index contributed by atoms with van der Waals surface area (Å²) in [6.07, 6.45) is 4.16. The van der Waals surface area contributed by atoms with E-state index in [0.29, 0.717) is 0 Å². The van der Waals surface area contributed by atoms with Gasteiger partial charge in [-0.2, -0.15) is 10.1 Å². The first-order valence-electron chi connectivity index (χ1n) is 7.03. The Morgan fingerprint density at radius 1 is 1.42 bits per heavy atom. The summed E-state index contributed by atoms with van der Waals surface area (Å²) in [6.45, 7) is 1.92. The molecule has 0 spiro atoms. The molecule has 3 aromatic rings. The van der Waals surface area contributed by atoms with Gasteiger partial charge in [0.25, 0.3) is 0 Å². The maximum absolute atomic E-state index is 10.7. The summed E-state index contributed by atoms with van der Waals surface area (Å²) in [4.78, 5) is 21.9. The third-order valence-electron chi connectivity index (χ3n) is 3.39. The van der Waals surface area contributed by atoms with Crippen LogP contribution in [0.4, 0.5) is 17.5 Å². The second kappa shape index (κ2) is 6.28. The van der Waals surface area contributed by atoms with Crippen LogP contribution in [0.25, 0.3) is 5.69 Å². The highest BCUT2D eigenvalue weighted by molar-refractivity contribution is 5.53. The monoisotopic (exact) mass is 326 g/mol. The van der Waals surface area contributed by atoms with Gasteiger partial charge in [-0.15, -0.1) is 0 Å². The van der Waals surface area contributed by atoms with Gasteiger partial charge in [0.2, 0.25) is 11.8 Å². The van der Waals surface area contributed by atoms with Gasteiger partial charge in [-0.25, -0.2) is 14.6 Å². The normalized spacial score (nSPS) is 11.9. The van der Waals surface area contributed by atoms with Gasteiger partial charge in [-0.05, 0) is 24.6 Å². The topological polar surface area (TPSA) is 138 Å². The van der Waals surface area contributed by atoms with Crippen molar-refractivity contribution in [2.45, 2.75) is 13.0 Å². The van der Waals surface area contributed by atoms with Gasteiger partial charge in [0.05, 0.1) is 16.7 Å². The number of benzene rings is 1. The number of anilines is 2. The van der Waals surface area contributed by atoms with Crippen LogP contribution in [0.3, 0.4) is 0 Å². The Balaban J connectivity index is 1.80. The van der Waals surface area contributed by atoms with Crippen molar-refractivity contribution in [2.24, 2.45) is 0 Å². The molecule has 1 aromatic carbocycles. The number of nitro groups is 1. The summed E-state index contributed by atoms with van der Waals surface area (Å²) in [5, 5.41) is 17.9. The molecule has 2 heterocycles. The minimum atomic E-state index is -0.621. The van der Waals surface area contributed by atoms with Crippen molar-refractivity contribution in [3.05, 3.63) is 58.8 Å². The van der Waals surface area contributed by atoms with E-state index in [-0.39, 0.29) is 23.5 Å². The van der Waals surface area contributed by atoms with Crippen LogP contribution in [0.2, 0.25) is 0 Å². The molecule has 1 unspecified atom stereocenters. The minimum absolute atomic E-state index is 0.144. The largest absolute Gasteiger partial charge is 0.378 e. The minimum Gasteiger partial charge on any atom is -0.378 e. The van der Waals surface area contributed by atoms with Crippen molar-refractivity contribution in [1.29, 1.82) is 0 Å². The summed E-state index contributed by atoms with van der Waals surface area (Å²) < 4.78 is 1.65. The van der Waals surface area contributed by atoms with Gasteiger partial charge in [-0.3, -0.25) is 10.1 Å². The first-order chi connectivity index (χ1) is 11.5. The quantitative estimate of drug-likeness (QED) is 0.534.